The van der Waals surface area contributed by atoms with E-state index in [9.17, 15) is 22.8 Å². The molecule has 0 bridgehead atoms. The predicted octanol–water partition coefficient (Wildman–Crippen LogP) is 1.70. The molecule has 0 radical (unpaired) electrons. The van der Waals surface area contributed by atoms with Crippen LogP contribution < -0.4 is 0 Å². The second-order valence-corrected chi connectivity index (χ2v) is 3.34. The lowest BCUT2D eigenvalue weighted by molar-refractivity contribution is -0.170. The molecule has 0 aliphatic carbocycles. The summed E-state index contributed by atoms with van der Waals surface area (Å²) in [6, 6.07) is 0. The fraction of sp³-hybridized carbons (Fsp3) is 0.667. The van der Waals surface area contributed by atoms with Crippen molar-refractivity contribution in [2.45, 2.75) is 31.9 Å². The third kappa shape index (κ3) is 3.81. The van der Waals surface area contributed by atoms with E-state index in [4.69, 9.17) is 0 Å². The molecule has 0 N–H and O–H groups in total. The van der Waals surface area contributed by atoms with Crippen LogP contribution in [0.3, 0.4) is 0 Å². The number of alkyl halides is 3. The van der Waals surface area contributed by atoms with Crippen molar-refractivity contribution in [3.63, 3.8) is 0 Å². The molecule has 0 saturated heterocycles. The van der Waals surface area contributed by atoms with Crippen molar-refractivity contribution >= 4 is 17.3 Å². The van der Waals surface area contributed by atoms with Gasteiger partial charge in [-0.15, -0.1) is 0 Å². The summed E-state index contributed by atoms with van der Waals surface area (Å²) in [4.78, 5) is 25.1. The molecule has 1 aliphatic rings. The summed E-state index contributed by atoms with van der Waals surface area (Å²) >= 11 is 0. The summed E-state index contributed by atoms with van der Waals surface area (Å²) in [5, 5.41) is 0. The molecule has 1 rings (SSSR count). The van der Waals surface area contributed by atoms with Gasteiger partial charge in [-0.2, -0.15) is 13.2 Å². The number of halogens is 3. The summed E-state index contributed by atoms with van der Waals surface area (Å²) in [6.45, 7) is 0.0372. The van der Waals surface area contributed by atoms with Gasteiger partial charge in [0.25, 0.3) is 0 Å². The van der Waals surface area contributed by atoms with Crippen molar-refractivity contribution in [3.8, 4) is 0 Å². The molecule has 0 unspecified atom stereocenters. The molecule has 0 atom stereocenters. The minimum Gasteiger partial charge on any atom is -0.298 e. The first-order chi connectivity index (χ1) is 6.89. The molecule has 6 heteroatoms. The van der Waals surface area contributed by atoms with E-state index in [1.54, 1.807) is 0 Å². The topological polar surface area (TPSA) is 46.5 Å². The van der Waals surface area contributed by atoms with Crippen LogP contribution in [0.25, 0.3) is 0 Å². The van der Waals surface area contributed by atoms with Crippen LogP contribution in [0.4, 0.5) is 13.2 Å². The molecule has 84 valence electrons. The zero-order chi connectivity index (χ0) is 11.5. The lowest BCUT2D eigenvalue weighted by Crippen LogP contribution is -2.24. The third-order valence-electron chi connectivity index (χ3n) is 2.13. The maximum Gasteiger partial charge on any atom is 0.449 e. The molecule has 0 saturated carbocycles. The van der Waals surface area contributed by atoms with Crippen molar-refractivity contribution in [2.24, 2.45) is 4.99 Å². The first-order valence-corrected chi connectivity index (χ1v) is 4.53. The van der Waals surface area contributed by atoms with Crippen molar-refractivity contribution < 1.29 is 22.8 Å². The predicted molar refractivity (Wildman–Crippen MR) is 46.8 cm³/mol. The Kier molecular flexibility index (Phi) is 3.60. The van der Waals surface area contributed by atoms with Gasteiger partial charge in [-0.05, 0) is 12.8 Å². The molecule has 0 aromatic rings. The molecule has 0 aromatic heterocycles. The van der Waals surface area contributed by atoms with Gasteiger partial charge in [0.15, 0.2) is 5.78 Å². The lowest BCUT2D eigenvalue weighted by Gasteiger charge is -2.11. The first-order valence-electron chi connectivity index (χ1n) is 4.53. The van der Waals surface area contributed by atoms with Gasteiger partial charge in [0.05, 0.1) is 6.54 Å². The van der Waals surface area contributed by atoms with E-state index in [0.717, 1.165) is 0 Å². The highest BCUT2D eigenvalue weighted by molar-refractivity contribution is 5.97. The number of Topliss-reactive ketones (excluding diaryl/α,β-unsaturated/α-hetero) is 2. The second-order valence-electron chi connectivity index (χ2n) is 3.34. The quantitative estimate of drug-likeness (QED) is 0.728. The number of ketones is 2. The van der Waals surface area contributed by atoms with Crippen LogP contribution in [-0.4, -0.2) is 30.0 Å². The number of rotatable bonds is 3. The SMILES string of the molecule is O=C1CCC(CCC(=O)C(F)(F)F)=NC1. The standard InChI is InChI=1S/C9H10F3NO2/c10-9(11,12)8(15)4-2-6-1-3-7(14)5-13-6/h1-5H2. The maximum atomic E-state index is 11.8. The van der Waals surface area contributed by atoms with Crippen molar-refractivity contribution in [1.29, 1.82) is 0 Å². The Morgan fingerprint density at radius 1 is 1.33 bits per heavy atom. The minimum absolute atomic E-state index is 0.00558. The second kappa shape index (κ2) is 4.55. The highest BCUT2D eigenvalue weighted by atomic mass is 19.4. The van der Waals surface area contributed by atoms with Crippen LogP contribution >= 0.6 is 0 Å². The average Bonchev–Trinajstić information content (AvgIpc) is 2.15. The Labute approximate surface area is 84.4 Å². The van der Waals surface area contributed by atoms with Crippen LogP contribution in [0, 0.1) is 0 Å². The smallest absolute Gasteiger partial charge is 0.298 e. The van der Waals surface area contributed by atoms with Gasteiger partial charge in [0.1, 0.15) is 0 Å². The van der Waals surface area contributed by atoms with E-state index in [1.165, 1.54) is 0 Å². The Balaban J connectivity index is 2.38. The highest BCUT2D eigenvalue weighted by Crippen LogP contribution is 2.19. The molecule has 1 aliphatic heterocycles. The number of hydrogen-bond donors (Lipinski definition) is 0. The lowest BCUT2D eigenvalue weighted by atomic mass is 10.0. The zero-order valence-corrected chi connectivity index (χ0v) is 7.93. The third-order valence-corrected chi connectivity index (χ3v) is 2.13. The molecule has 0 spiro atoms. The molecule has 0 fully saturated rings. The minimum atomic E-state index is -4.76. The number of carbonyl (C=O) groups excluding carboxylic acids is 2. The monoisotopic (exact) mass is 221 g/mol. The van der Waals surface area contributed by atoms with E-state index in [2.05, 4.69) is 4.99 Å². The van der Waals surface area contributed by atoms with Crippen LogP contribution in [0.1, 0.15) is 25.7 Å². The number of aliphatic imine (C=N–C) groups is 1. The van der Waals surface area contributed by atoms with Crippen LogP contribution in [-0.2, 0) is 9.59 Å². The summed E-state index contributed by atoms with van der Waals surface area (Å²) in [7, 11) is 0. The summed E-state index contributed by atoms with van der Waals surface area (Å²) in [6.07, 6.45) is -4.63. The molecule has 0 amide bonds. The van der Waals surface area contributed by atoms with Gasteiger partial charge in [-0.1, -0.05) is 0 Å². The molecule has 3 nitrogen and oxygen atoms in total. The maximum absolute atomic E-state index is 11.8. The van der Waals surface area contributed by atoms with Gasteiger partial charge in [-0.25, -0.2) is 0 Å². The van der Waals surface area contributed by atoms with Crippen molar-refractivity contribution in [1.82, 2.24) is 0 Å². The molecule has 1 heterocycles. The van der Waals surface area contributed by atoms with Gasteiger partial charge in [0.2, 0.25) is 5.78 Å². The fourth-order valence-electron chi connectivity index (χ4n) is 1.25. The highest BCUT2D eigenvalue weighted by Gasteiger charge is 2.37. The first kappa shape index (κ1) is 11.9. The Bertz CT molecular complexity index is 307. The summed E-state index contributed by atoms with van der Waals surface area (Å²) in [5.41, 5.74) is 0.534. The van der Waals surface area contributed by atoms with Gasteiger partial charge in [0, 0.05) is 18.6 Å². The van der Waals surface area contributed by atoms with Gasteiger partial charge in [-0.3, -0.25) is 14.6 Å². The van der Waals surface area contributed by atoms with Crippen LogP contribution in [0.2, 0.25) is 0 Å². The molecule has 0 aromatic carbocycles. The van der Waals surface area contributed by atoms with Crippen molar-refractivity contribution in [2.75, 3.05) is 6.54 Å². The largest absolute Gasteiger partial charge is 0.449 e. The Hall–Kier alpha value is -1.20. The molecular formula is C9H10F3NO2. The Morgan fingerprint density at radius 3 is 2.47 bits per heavy atom. The summed E-state index contributed by atoms with van der Waals surface area (Å²) in [5.74, 6) is -1.75. The van der Waals surface area contributed by atoms with Gasteiger partial charge < -0.3 is 0 Å². The normalized spacial score (nSPS) is 17.5. The van der Waals surface area contributed by atoms with E-state index < -0.39 is 18.4 Å². The van der Waals surface area contributed by atoms with E-state index in [0.29, 0.717) is 18.6 Å². The van der Waals surface area contributed by atoms with Crippen LogP contribution in [0.5, 0.6) is 0 Å². The van der Waals surface area contributed by atoms with Crippen molar-refractivity contribution in [3.05, 3.63) is 0 Å². The molecular weight excluding hydrogens is 211 g/mol. The van der Waals surface area contributed by atoms with E-state index in [-0.39, 0.29) is 18.7 Å². The van der Waals surface area contributed by atoms with Gasteiger partial charge >= 0.3 is 6.18 Å². The number of nitrogens with zero attached hydrogens (tertiary/aromatic N) is 1. The average molecular weight is 221 g/mol. The molecule has 15 heavy (non-hydrogen) atoms. The summed E-state index contributed by atoms with van der Waals surface area (Å²) < 4.78 is 35.5. The number of hydrogen-bond acceptors (Lipinski definition) is 3. The van der Waals surface area contributed by atoms with E-state index in [1.807, 2.05) is 0 Å². The fourth-order valence-corrected chi connectivity index (χ4v) is 1.25. The zero-order valence-electron chi connectivity index (χ0n) is 7.93. The Morgan fingerprint density at radius 2 is 2.00 bits per heavy atom. The van der Waals surface area contributed by atoms with E-state index >= 15 is 0 Å². The number of carbonyl (C=O) groups is 2. The van der Waals surface area contributed by atoms with Crippen LogP contribution in [0.15, 0.2) is 4.99 Å².